The van der Waals surface area contributed by atoms with E-state index in [1.807, 2.05) is 30.3 Å². The second-order valence-electron chi connectivity index (χ2n) is 5.13. The predicted molar refractivity (Wildman–Crippen MR) is 79.6 cm³/mol. The molecule has 5 nitrogen and oxygen atoms in total. The maximum Gasteiger partial charge on any atom is 0.307 e. The smallest absolute Gasteiger partial charge is 0.307 e. The fraction of sp³-hybridized carbons (Fsp3) is 0.312. The summed E-state index contributed by atoms with van der Waals surface area (Å²) in [4.78, 5) is 27.2. The van der Waals surface area contributed by atoms with E-state index in [1.165, 1.54) is 6.92 Å². The molecule has 21 heavy (non-hydrogen) atoms. The summed E-state index contributed by atoms with van der Waals surface area (Å²) in [5.41, 5.74) is 1.76. The minimum absolute atomic E-state index is 0.266. The van der Waals surface area contributed by atoms with Crippen molar-refractivity contribution in [2.75, 3.05) is 0 Å². The quantitative estimate of drug-likeness (QED) is 0.883. The highest BCUT2D eigenvalue weighted by atomic mass is 16.4. The van der Waals surface area contributed by atoms with Gasteiger partial charge in [0.25, 0.3) is 0 Å². The lowest BCUT2D eigenvalue weighted by atomic mass is 9.95. The third-order valence-electron chi connectivity index (χ3n) is 3.72. The molecule has 0 saturated heterocycles. The van der Waals surface area contributed by atoms with Gasteiger partial charge in [0.2, 0.25) is 5.91 Å². The Kier molecular flexibility index (Phi) is 4.52. The summed E-state index contributed by atoms with van der Waals surface area (Å²) in [5, 5.41) is 12.7. The molecule has 0 aliphatic heterocycles. The van der Waals surface area contributed by atoms with Crippen molar-refractivity contribution in [2.24, 2.45) is 11.8 Å². The first-order chi connectivity index (χ1) is 10.0. The largest absolute Gasteiger partial charge is 0.481 e. The summed E-state index contributed by atoms with van der Waals surface area (Å²) in [7, 11) is 0. The summed E-state index contributed by atoms with van der Waals surface area (Å²) in [6.45, 7) is 3.49. The topological polar surface area (TPSA) is 79.3 Å². The highest BCUT2D eigenvalue weighted by molar-refractivity contribution is 5.85. The van der Waals surface area contributed by atoms with Crippen molar-refractivity contribution in [3.63, 3.8) is 0 Å². The van der Waals surface area contributed by atoms with Crippen LogP contribution in [0.3, 0.4) is 0 Å². The van der Waals surface area contributed by atoms with Gasteiger partial charge >= 0.3 is 5.97 Å². The molecule has 1 aromatic carbocycles. The van der Waals surface area contributed by atoms with Crippen LogP contribution in [0.25, 0.3) is 10.9 Å². The number of para-hydroxylation sites is 1. The van der Waals surface area contributed by atoms with Crippen molar-refractivity contribution >= 4 is 22.8 Å². The number of nitrogens with one attached hydrogen (secondary N) is 1. The molecule has 1 heterocycles. The predicted octanol–water partition coefficient (Wildman–Crippen LogP) is 2.21. The molecule has 2 rings (SSSR count). The zero-order valence-electron chi connectivity index (χ0n) is 12.0. The monoisotopic (exact) mass is 286 g/mol. The highest BCUT2D eigenvalue weighted by Gasteiger charge is 2.25. The van der Waals surface area contributed by atoms with Gasteiger partial charge in [-0.1, -0.05) is 38.1 Å². The number of carbonyl (C=O) groups excluding carboxylic acids is 1. The molecular weight excluding hydrogens is 268 g/mol. The van der Waals surface area contributed by atoms with Crippen molar-refractivity contribution in [3.8, 4) is 0 Å². The molecule has 0 aliphatic carbocycles. The Balaban J connectivity index is 2.08. The number of carboxylic acids is 1. The van der Waals surface area contributed by atoms with E-state index in [-0.39, 0.29) is 5.91 Å². The van der Waals surface area contributed by atoms with Gasteiger partial charge in [0.15, 0.2) is 0 Å². The SMILES string of the molecule is CC(C(=O)O)C(C)C(=O)NCc1cccc2cccnc12. The van der Waals surface area contributed by atoms with Crippen LogP contribution in [0.5, 0.6) is 0 Å². The van der Waals surface area contributed by atoms with Crippen LogP contribution in [0.1, 0.15) is 19.4 Å². The molecule has 1 aromatic heterocycles. The van der Waals surface area contributed by atoms with E-state index in [0.717, 1.165) is 16.5 Å². The Morgan fingerprint density at radius 3 is 2.62 bits per heavy atom. The van der Waals surface area contributed by atoms with Crippen molar-refractivity contribution in [1.82, 2.24) is 10.3 Å². The van der Waals surface area contributed by atoms with E-state index in [4.69, 9.17) is 5.11 Å². The molecule has 110 valence electrons. The lowest BCUT2D eigenvalue weighted by Gasteiger charge is -2.16. The Morgan fingerprint density at radius 2 is 1.90 bits per heavy atom. The fourth-order valence-electron chi connectivity index (χ4n) is 2.09. The number of pyridine rings is 1. The minimum Gasteiger partial charge on any atom is -0.481 e. The Bertz CT molecular complexity index is 664. The molecule has 2 aromatic rings. The number of carboxylic acid groups (broad SMARTS) is 1. The average molecular weight is 286 g/mol. The molecule has 5 heteroatoms. The van der Waals surface area contributed by atoms with Crippen LogP contribution in [0.4, 0.5) is 0 Å². The maximum atomic E-state index is 12.0. The van der Waals surface area contributed by atoms with E-state index in [0.29, 0.717) is 6.54 Å². The third-order valence-corrected chi connectivity index (χ3v) is 3.72. The van der Waals surface area contributed by atoms with Crippen LogP contribution < -0.4 is 5.32 Å². The van der Waals surface area contributed by atoms with E-state index >= 15 is 0 Å². The summed E-state index contributed by atoms with van der Waals surface area (Å²) >= 11 is 0. The van der Waals surface area contributed by atoms with Gasteiger partial charge in [0, 0.05) is 24.0 Å². The van der Waals surface area contributed by atoms with Crippen LogP contribution in [0.15, 0.2) is 36.5 Å². The van der Waals surface area contributed by atoms with Gasteiger partial charge < -0.3 is 10.4 Å². The molecule has 1 amide bonds. The van der Waals surface area contributed by atoms with Crippen molar-refractivity contribution in [2.45, 2.75) is 20.4 Å². The number of hydrogen-bond donors (Lipinski definition) is 2. The van der Waals surface area contributed by atoms with Crippen LogP contribution in [0, 0.1) is 11.8 Å². The van der Waals surface area contributed by atoms with E-state index in [1.54, 1.807) is 13.1 Å². The van der Waals surface area contributed by atoms with Crippen LogP contribution in [-0.2, 0) is 16.1 Å². The normalized spacial score (nSPS) is 13.6. The molecule has 0 aliphatic rings. The first-order valence-corrected chi connectivity index (χ1v) is 6.84. The van der Waals surface area contributed by atoms with Crippen molar-refractivity contribution < 1.29 is 14.7 Å². The number of hydrogen-bond acceptors (Lipinski definition) is 3. The number of nitrogens with zero attached hydrogens (tertiary/aromatic N) is 1. The van der Waals surface area contributed by atoms with Crippen LogP contribution in [-0.4, -0.2) is 22.0 Å². The van der Waals surface area contributed by atoms with Gasteiger partial charge in [-0.15, -0.1) is 0 Å². The molecular formula is C16H18N2O3. The van der Waals surface area contributed by atoms with Crippen LogP contribution >= 0.6 is 0 Å². The summed E-state index contributed by atoms with van der Waals surface area (Å²) in [6, 6.07) is 9.60. The number of aliphatic carboxylic acids is 1. The number of fused-ring (bicyclic) bond motifs is 1. The Hall–Kier alpha value is -2.43. The number of carbonyl (C=O) groups is 2. The number of rotatable bonds is 5. The molecule has 2 N–H and O–H groups in total. The summed E-state index contributed by atoms with van der Waals surface area (Å²) in [5.74, 6) is -2.52. The Labute approximate surface area is 123 Å². The second kappa shape index (κ2) is 6.35. The van der Waals surface area contributed by atoms with Crippen LogP contribution in [0.2, 0.25) is 0 Å². The van der Waals surface area contributed by atoms with Crippen molar-refractivity contribution in [1.29, 1.82) is 0 Å². The van der Waals surface area contributed by atoms with E-state index in [2.05, 4.69) is 10.3 Å². The second-order valence-corrected chi connectivity index (χ2v) is 5.13. The van der Waals surface area contributed by atoms with Gasteiger partial charge in [-0.2, -0.15) is 0 Å². The highest BCUT2D eigenvalue weighted by Crippen LogP contribution is 2.16. The molecule has 0 spiro atoms. The van der Waals surface area contributed by atoms with Gasteiger partial charge in [0.1, 0.15) is 0 Å². The van der Waals surface area contributed by atoms with E-state index < -0.39 is 17.8 Å². The minimum atomic E-state index is -0.968. The molecule has 0 fully saturated rings. The molecule has 0 radical (unpaired) electrons. The lowest BCUT2D eigenvalue weighted by Crippen LogP contribution is -2.34. The van der Waals surface area contributed by atoms with Gasteiger partial charge in [-0.25, -0.2) is 0 Å². The molecule has 2 unspecified atom stereocenters. The average Bonchev–Trinajstić information content (AvgIpc) is 2.50. The molecule has 0 bridgehead atoms. The first-order valence-electron chi connectivity index (χ1n) is 6.84. The Morgan fingerprint density at radius 1 is 1.19 bits per heavy atom. The zero-order chi connectivity index (χ0) is 15.4. The van der Waals surface area contributed by atoms with Gasteiger partial charge in [0.05, 0.1) is 11.4 Å². The number of aromatic nitrogens is 1. The first kappa shape index (κ1) is 15.0. The number of benzene rings is 1. The zero-order valence-corrected chi connectivity index (χ0v) is 12.0. The van der Waals surface area contributed by atoms with Crippen molar-refractivity contribution in [3.05, 3.63) is 42.1 Å². The third kappa shape index (κ3) is 3.37. The molecule has 0 saturated carbocycles. The van der Waals surface area contributed by atoms with Gasteiger partial charge in [-0.3, -0.25) is 14.6 Å². The van der Waals surface area contributed by atoms with E-state index in [9.17, 15) is 9.59 Å². The summed E-state index contributed by atoms with van der Waals surface area (Å²) in [6.07, 6.45) is 1.71. The fourth-order valence-corrected chi connectivity index (χ4v) is 2.09. The summed E-state index contributed by atoms with van der Waals surface area (Å²) < 4.78 is 0. The van der Waals surface area contributed by atoms with Gasteiger partial charge in [-0.05, 0) is 11.6 Å². The number of amides is 1. The molecule has 2 atom stereocenters. The standard InChI is InChI=1S/C16H18N2O3/c1-10(11(2)16(20)21)15(19)18-9-13-6-3-5-12-7-4-8-17-14(12)13/h3-8,10-11H,9H2,1-2H3,(H,18,19)(H,20,21). The maximum absolute atomic E-state index is 12.0. The lowest BCUT2D eigenvalue weighted by molar-refractivity contribution is -0.146.